The standard InChI is InChI=1S/C11H18N2O/c1-3-4-11(14)13-7-9-5-12-6-10(9)8(13)2/h3-4,8-10,12H,5-7H2,1-2H3/b4-3+. The summed E-state index contributed by atoms with van der Waals surface area (Å²) >= 11 is 0. The summed E-state index contributed by atoms with van der Waals surface area (Å²) in [7, 11) is 0. The number of fused-ring (bicyclic) bond motifs is 1. The first-order chi connectivity index (χ1) is 6.74. The third-order valence-corrected chi connectivity index (χ3v) is 3.53. The lowest BCUT2D eigenvalue weighted by molar-refractivity contribution is -0.126. The van der Waals surface area contributed by atoms with E-state index in [0.717, 1.165) is 19.6 Å². The van der Waals surface area contributed by atoms with Gasteiger partial charge in [-0.25, -0.2) is 0 Å². The number of allylic oxidation sites excluding steroid dienone is 1. The molecular formula is C11H18N2O. The van der Waals surface area contributed by atoms with Gasteiger partial charge in [-0.15, -0.1) is 0 Å². The maximum atomic E-state index is 11.7. The van der Waals surface area contributed by atoms with Gasteiger partial charge in [0.25, 0.3) is 0 Å². The summed E-state index contributed by atoms with van der Waals surface area (Å²) in [6.45, 7) is 7.14. The van der Waals surface area contributed by atoms with Crippen LogP contribution in [0.4, 0.5) is 0 Å². The number of carbonyl (C=O) groups excluding carboxylic acids is 1. The van der Waals surface area contributed by atoms with Crippen molar-refractivity contribution in [3.63, 3.8) is 0 Å². The minimum Gasteiger partial charge on any atom is -0.336 e. The van der Waals surface area contributed by atoms with E-state index in [1.807, 2.05) is 17.9 Å². The second kappa shape index (κ2) is 3.73. The van der Waals surface area contributed by atoms with Crippen molar-refractivity contribution in [2.75, 3.05) is 19.6 Å². The number of rotatable bonds is 1. The van der Waals surface area contributed by atoms with E-state index in [9.17, 15) is 4.79 Å². The van der Waals surface area contributed by atoms with E-state index in [0.29, 0.717) is 17.9 Å². The van der Waals surface area contributed by atoms with Crippen molar-refractivity contribution in [3.8, 4) is 0 Å². The molecule has 3 atom stereocenters. The van der Waals surface area contributed by atoms with Crippen LogP contribution in [-0.2, 0) is 4.79 Å². The van der Waals surface area contributed by atoms with E-state index in [1.165, 1.54) is 0 Å². The lowest BCUT2D eigenvalue weighted by Gasteiger charge is -2.23. The molecule has 0 aromatic heterocycles. The zero-order chi connectivity index (χ0) is 10.1. The summed E-state index contributed by atoms with van der Waals surface area (Å²) in [4.78, 5) is 13.7. The fraction of sp³-hybridized carbons (Fsp3) is 0.727. The van der Waals surface area contributed by atoms with Crippen LogP contribution in [0.2, 0.25) is 0 Å². The molecule has 0 aliphatic carbocycles. The minimum atomic E-state index is 0.175. The Labute approximate surface area is 85.2 Å². The molecule has 2 rings (SSSR count). The number of likely N-dealkylation sites (tertiary alicyclic amines) is 1. The van der Waals surface area contributed by atoms with Crippen molar-refractivity contribution in [2.45, 2.75) is 19.9 Å². The molecule has 78 valence electrons. The van der Waals surface area contributed by atoms with Gasteiger partial charge in [-0.1, -0.05) is 6.08 Å². The van der Waals surface area contributed by atoms with E-state index >= 15 is 0 Å². The molecule has 0 aromatic carbocycles. The number of nitrogens with one attached hydrogen (secondary N) is 1. The first-order valence-corrected chi connectivity index (χ1v) is 5.38. The van der Waals surface area contributed by atoms with Crippen LogP contribution in [-0.4, -0.2) is 36.5 Å². The number of amides is 1. The fourth-order valence-electron chi connectivity index (χ4n) is 2.70. The van der Waals surface area contributed by atoms with Crippen molar-refractivity contribution in [3.05, 3.63) is 12.2 Å². The Bertz CT molecular complexity index is 262. The van der Waals surface area contributed by atoms with E-state index in [4.69, 9.17) is 0 Å². The summed E-state index contributed by atoms with van der Waals surface area (Å²) in [6, 6.07) is 0.402. The summed E-state index contributed by atoms with van der Waals surface area (Å²) in [5.74, 6) is 1.53. The molecule has 1 N–H and O–H groups in total. The molecule has 0 saturated carbocycles. The molecule has 2 aliphatic heterocycles. The number of hydrogen-bond acceptors (Lipinski definition) is 2. The van der Waals surface area contributed by atoms with Crippen LogP contribution in [0.1, 0.15) is 13.8 Å². The Morgan fingerprint density at radius 3 is 2.93 bits per heavy atom. The smallest absolute Gasteiger partial charge is 0.246 e. The van der Waals surface area contributed by atoms with Gasteiger partial charge in [0.15, 0.2) is 0 Å². The SMILES string of the molecule is C/C=C/C(=O)N1CC2CNCC2C1C. The molecule has 2 fully saturated rings. The highest BCUT2D eigenvalue weighted by Gasteiger charge is 2.42. The Morgan fingerprint density at radius 1 is 1.50 bits per heavy atom. The predicted octanol–water partition coefficient (Wildman–Crippen LogP) is 0.629. The van der Waals surface area contributed by atoms with E-state index in [2.05, 4.69) is 12.2 Å². The van der Waals surface area contributed by atoms with Crippen molar-refractivity contribution >= 4 is 5.91 Å². The van der Waals surface area contributed by atoms with Crippen LogP contribution in [0.3, 0.4) is 0 Å². The maximum Gasteiger partial charge on any atom is 0.246 e. The Hall–Kier alpha value is -0.830. The summed E-state index contributed by atoms with van der Waals surface area (Å²) in [6.07, 6.45) is 3.49. The molecule has 2 aliphatic rings. The number of hydrogen-bond donors (Lipinski definition) is 1. The molecule has 0 bridgehead atoms. The van der Waals surface area contributed by atoms with Gasteiger partial charge in [-0.05, 0) is 31.8 Å². The largest absolute Gasteiger partial charge is 0.336 e. The molecule has 1 amide bonds. The second-order valence-corrected chi connectivity index (χ2v) is 4.31. The topological polar surface area (TPSA) is 32.3 Å². The first kappa shape index (κ1) is 9.71. The van der Waals surface area contributed by atoms with Crippen LogP contribution in [0.15, 0.2) is 12.2 Å². The van der Waals surface area contributed by atoms with Gasteiger partial charge in [-0.3, -0.25) is 4.79 Å². The highest BCUT2D eigenvalue weighted by molar-refractivity contribution is 5.88. The summed E-state index contributed by atoms with van der Waals surface area (Å²) in [5, 5.41) is 3.39. The van der Waals surface area contributed by atoms with Crippen molar-refractivity contribution in [2.24, 2.45) is 11.8 Å². The lowest BCUT2D eigenvalue weighted by Crippen LogP contribution is -2.37. The zero-order valence-corrected chi connectivity index (χ0v) is 8.86. The average molecular weight is 194 g/mol. The molecule has 0 radical (unpaired) electrons. The molecule has 3 nitrogen and oxygen atoms in total. The third kappa shape index (κ3) is 1.46. The van der Waals surface area contributed by atoms with Gasteiger partial charge in [-0.2, -0.15) is 0 Å². The van der Waals surface area contributed by atoms with Crippen molar-refractivity contribution in [1.29, 1.82) is 0 Å². The molecule has 14 heavy (non-hydrogen) atoms. The van der Waals surface area contributed by atoms with Crippen LogP contribution in [0.5, 0.6) is 0 Å². The zero-order valence-electron chi connectivity index (χ0n) is 8.86. The van der Waals surface area contributed by atoms with Crippen LogP contribution in [0, 0.1) is 11.8 Å². The Morgan fingerprint density at radius 2 is 2.29 bits per heavy atom. The normalized spacial score (nSPS) is 36.7. The van der Waals surface area contributed by atoms with Crippen molar-refractivity contribution in [1.82, 2.24) is 10.2 Å². The molecule has 0 spiro atoms. The minimum absolute atomic E-state index is 0.175. The Balaban J connectivity index is 2.06. The molecule has 0 aromatic rings. The van der Waals surface area contributed by atoms with E-state index in [-0.39, 0.29) is 5.91 Å². The quantitative estimate of drug-likeness (QED) is 0.621. The second-order valence-electron chi connectivity index (χ2n) is 4.31. The van der Waals surface area contributed by atoms with Crippen molar-refractivity contribution < 1.29 is 4.79 Å². The lowest BCUT2D eigenvalue weighted by atomic mass is 9.95. The predicted molar refractivity (Wildman–Crippen MR) is 55.8 cm³/mol. The van der Waals surface area contributed by atoms with Gasteiger partial charge in [0, 0.05) is 25.7 Å². The first-order valence-electron chi connectivity index (χ1n) is 5.38. The van der Waals surface area contributed by atoms with Crippen LogP contribution < -0.4 is 5.32 Å². The number of nitrogens with zero attached hydrogens (tertiary/aromatic N) is 1. The fourth-order valence-corrected chi connectivity index (χ4v) is 2.70. The van der Waals surface area contributed by atoms with Gasteiger partial charge in [0.05, 0.1) is 0 Å². The van der Waals surface area contributed by atoms with Gasteiger partial charge in [0.2, 0.25) is 5.91 Å². The molecule has 3 heteroatoms. The Kier molecular flexibility index (Phi) is 2.59. The van der Waals surface area contributed by atoms with Crippen LogP contribution >= 0.6 is 0 Å². The third-order valence-electron chi connectivity index (χ3n) is 3.53. The van der Waals surface area contributed by atoms with E-state index < -0.39 is 0 Å². The molecule has 2 saturated heterocycles. The maximum absolute atomic E-state index is 11.7. The average Bonchev–Trinajstić information content (AvgIpc) is 2.69. The van der Waals surface area contributed by atoms with Gasteiger partial charge < -0.3 is 10.2 Å². The van der Waals surface area contributed by atoms with Gasteiger partial charge in [0.1, 0.15) is 0 Å². The molecule has 3 unspecified atom stereocenters. The van der Waals surface area contributed by atoms with E-state index in [1.54, 1.807) is 6.08 Å². The van der Waals surface area contributed by atoms with Gasteiger partial charge >= 0.3 is 0 Å². The summed E-state index contributed by atoms with van der Waals surface area (Å²) in [5.41, 5.74) is 0. The molecule has 2 heterocycles. The summed E-state index contributed by atoms with van der Waals surface area (Å²) < 4.78 is 0. The highest BCUT2D eigenvalue weighted by atomic mass is 16.2. The number of carbonyl (C=O) groups is 1. The highest BCUT2D eigenvalue weighted by Crippen LogP contribution is 2.32. The monoisotopic (exact) mass is 194 g/mol. The molecular weight excluding hydrogens is 176 g/mol. The van der Waals surface area contributed by atoms with Crippen LogP contribution in [0.25, 0.3) is 0 Å².